The lowest BCUT2D eigenvalue weighted by Crippen LogP contribution is -2.49. The average Bonchev–Trinajstić information content (AvgIpc) is 2.78. The Morgan fingerprint density at radius 3 is 2.47 bits per heavy atom. The van der Waals surface area contributed by atoms with Crippen molar-refractivity contribution < 1.29 is 26.3 Å². The van der Waals surface area contributed by atoms with E-state index in [1.54, 1.807) is 6.07 Å². The van der Waals surface area contributed by atoms with E-state index in [-0.39, 0.29) is 5.95 Å². The molecule has 0 radical (unpaired) electrons. The van der Waals surface area contributed by atoms with Crippen molar-refractivity contribution in [3.05, 3.63) is 35.5 Å². The third-order valence-corrected chi connectivity index (χ3v) is 7.46. The Kier molecular flexibility index (Phi) is 8.67. The minimum Gasteiger partial charge on any atom is -0.495 e. The molecule has 0 spiro atoms. The van der Waals surface area contributed by atoms with E-state index in [4.69, 9.17) is 4.74 Å². The first-order valence-electron chi connectivity index (χ1n) is 11.5. The summed E-state index contributed by atoms with van der Waals surface area (Å²) < 4.78 is 72.3. The number of hydrogen-bond acceptors (Lipinski definition) is 8. The Labute approximate surface area is 210 Å². The highest BCUT2D eigenvalue weighted by Gasteiger charge is 2.38. The summed E-state index contributed by atoms with van der Waals surface area (Å²) in [6, 6.07) is 4.43. The summed E-state index contributed by atoms with van der Waals surface area (Å²) in [6.45, 7) is 0.686. The molecule has 36 heavy (non-hydrogen) atoms. The first-order valence-corrected chi connectivity index (χ1v) is 13.4. The average molecular weight is 531 g/mol. The van der Waals surface area contributed by atoms with E-state index in [9.17, 15) is 21.6 Å². The fraction of sp³-hybridized carbons (Fsp3) is 0.565. The second-order valence-electron chi connectivity index (χ2n) is 9.23. The van der Waals surface area contributed by atoms with Crippen molar-refractivity contribution in [1.82, 2.24) is 19.2 Å². The number of hydrogen-bond donors (Lipinski definition) is 2. The zero-order valence-electron chi connectivity index (χ0n) is 21.1. The Morgan fingerprint density at radius 1 is 1.17 bits per heavy atom. The summed E-state index contributed by atoms with van der Waals surface area (Å²) in [5, 5.41) is 5.83. The largest absolute Gasteiger partial charge is 0.495 e. The van der Waals surface area contributed by atoms with Gasteiger partial charge in [0.1, 0.15) is 17.1 Å². The molecule has 13 heteroatoms. The molecular weight excluding hydrogens is 497 g/mol. The first kappa shape index (κ1) is 27.9. The van der Waals surface area contributed by atoms with Crippen LogP contribution >= 0.6 is 0 Å². The van der Waals surface area contributed by atoms with Crippen molar-refractivity contribution in [3.63, 3.8) is 0 Å². The van der Waals surface area contributed by atoms with E-state index in [0.29, 0.717) is 30.8 Å². The zero-order chi connectivity index (χ0) is 26.7. The van der Waals surface area contributed by atoms with Crippen LogP contribution in [0, 0.1) is 0 Å². The summed E-state index contributed by atoms with van der Waals surface area (Å²) in [5.74, 6) is 0.0458. The second-order valence-corrected chi connectivity index (χ2v) is 11.3. The molecule has 3 rings (SSSR count). The number of rotatable bonds is 9. The Bertz CT molecular complexity index is 1160. The van der Waals surface area contributed by atoms with Crippen molar-refractivity contribution in [2.24, 2.45) is 0 Å². The van der Waals surface area contributed by atoms with E-state index in [0.717, 1.165) is 30.9 Å². The highest BCUT2D eigenvalue weighted by molar-refractivity contribution is 7.88. The smallest absolute Gasteiger partial charge is 0.421 e. The number of nitrogens with zero attached hydrogens (tertiary/aromatic N) is 4. The number of anilines is 3. The SMILES string of the molecule is COc1cc(CN(C)C)ccc1Nc1ncc(C(F)(F)F)c(N[C@@H]2CCCC[C@H]2N(C)S(C)(=O)=O)n1. The fourth-order valence-corrected chi connectivity index (χ4v) is 5.06. The van der Waals surface area contributed by atoms with Gasteiger partial charge in [-0.3, -0.25) is 0 Å². The van der Waals surface area contributed by atoms with Crippen LogP contribution in [0.3, 0.4) is 0 Å². The Hall–Kier alpha value is -2.64. The molecule has 1 heterocycles. The quantitative estimate of drug-likeness (QED) is 0.503. The minimum absolute atomic E-state index is 0.0482. The van der Waals surface area contributed by atoms with Crippen LogP contribution in [-0.4, -0.2) is 74.2 Å². The third kappa shape index (κ3) is 6.98. The van der Waals surface area contributed by atoms with Gasteiger partial charge in [0.15, 0.2) is 0 Å². The van der Waals surface area contributed by atoms with Crippen molar-refractivity contribution in [2.45, 2.75) is 50.5 Å². The van der Waals surface area contributed by atoms with E-state index in [1.165, 1.54) is 18.5 Å². The lowest BCUT2D eigenvalue weighted by atomic mass is 9.90. The van der Waals surface area contributed by atoms with E-state index >= 15 is 0 Å². The van der Waals surface area contributed by atoms with Gasteiger partial charge in [-0.1, -0.05) is 18.9 Å². The van der Waals surface area contributed by atoms with Gasteiger partial charge in [0, 0.05) is 31.9 Å². The van der Waals surface area contributed by atoms with Gasteiger partial charge in [0.2, 0.25) is 16.0 Å². The summed E-state index contributed by atoms with van der Waals surface area (Å²) in [7, 11) is 3.30. The molecule has 1 aliphatic carbocycles. The Morgan fingerprint density at radius 2 is 1.86 bits per heavy atom. The van der Waals surface area contributed by atoms with Gasteiger partial charge in [-0.15, -0.1) is 0 Å². The number of halogens is 3. The normalized spacial score (nSPS) is 18.9. The molecule has 1 saturated carbocycles. The molecular formula is C23H33F3N6O3S. The van der Waals surface area contributed by atoms with E-state index < -0.39 is 39.7 Å². The molecule has 0 saturated heterocycles. The monoisotopic (exact) mass is 530 g/mol. The van der Waals surface area contributed by atoms with E-state index in [2.05, 4.69) is 20.6 Å². The van der Waals surface area contributed by atoms with Crippen LogP contribution in [0.2, 0.25) is 0 Å². The predicted octanol–water partition coefficient (Wildman–Crippen LogP) is 3.92. The number of alkyl halides is 3. The predicted molar refractivity (Wildman–Crippen MR) is 133 cm³/mol. The molecule has 0 aliphatic heterocycles. The van der Waals surface area contributed by atoms with Crippen LogP contribution in [0.25, 0.3) is 0 Å². The minimum atomic E-state index is -4.70. The fourth-order valence-electron chi connectivity index (χ4n) is 4.32. The van der Waals surface area contributed by atoms with Crippen LogP contribution < -0.4 is 15.4 Å². The van der Waals surface area contributed by atoms with Gasteiger partial charge in [-0.05, 0) is 44.6 Å². The molecule has 0 amide bonds. The van der Waals surface area contributed by atoms with Crippen molar-refractivity contribution in [3.8, 4) is 5.75 Å². The molecule has 2 atom stereocenters. The first-order chi connectivity index (χ1) is 16.8. The number of methoxy groups -OCH3 is 1. The van der Waals surface area contributed by atoms with Crippen LogP contribution in [-0.2, 0) is 22.7 Å². The second kappa shape index (κ2) is 11.2. The maximum atomic E-state index is 13.8. The number of benzene rings is 1. The molecule has 200 valence electrons. The highest BCUT2D eigenvalue weighted by Crippen LogP contribution is 2.36. The van der Waals surface area contributed by atoms with Gasteiger partial charge in [0.05, 0.1) is 19.1 Å². The van der Waals surface area contributed by atoms with Gasteiger partial charge in [-0.2, -0.15) is 18.2 Å². The van der Waals surface area contributed by atoms with Gasteiger partial charge >= 0.3 is 6.18 Å². The summed E-state index contributed by atoms with van der Waals surface area (Å²) in [5.41, 5.74) is 0.474. The third-order valence-electron chi connectivity index (χ3n) is 6.15. The lowest BCUT2D eigenvalue weighted by molar-refractivity contribution is -0.137. The van der Waals surface area contributed by atoms with Gasteiger partial charge in [0.25, 0.3) is 0 Å². The molecule has 1 fully saturated rings. The lowest BCUT2D eigenvalue weighted by Gasteiger charge is -2.37. The molecule has 1 aliphatic rings. The van der Waals surface area contributed by atoms with Crippen molar-refractivity contribution >= 4 is 27.5 Å². The summed E-state index contributed by atoms with van der Waals surface area (Å²) in [6.07, 6.45) is -0.286. The van der Waals surface area contributed by atoms with E-state index in [1.807, 2.05) is 31.1 Å². The summed E-state index contributed by atoms with van der Waals surface area (Å²) in [4.78, 5) is 10.0. The van der Waals surface area contributed by atoms with Crippen LogP contribution in [0.1, 0.15) is 36.8 Å². The molecule has 1 aromatic carbocycles. The number of nitrogens with one attached hydrogen (secondary N) is 2. The standard InChI is InChI=1S/C23H33F3N6O3S/c1-31(2)14-15-10-11-18(20(12-15)35-4)29-22-27-13-16(23(24,25)26)21(30-22)28-17-8-6-7-9-19(17)32(3)36(5,33)34/h10-13,17,19H,6-9,14H2,1-5H3,(H2,27,28,29,30)/t17-,19-/m1/s1. The van der Waals surface area contributed by atoms with Gasteiger partial charge in [-0.25, -0.2) is 17.7 Å². The van der Waals surface area contributed by atoms with Crippen LogP contribution in [0.4, 0.5) is 30.6 Å². The highest BCUT2D eigenvalue weighted by atomic mass is 32.2. The Balaban J connectivity index is 1.93. The number of sulfonamides is 1. The summed E-state index contributed by atoms with van der Waals surface area (Å²) >= 11 is 0. The topological polar surface area (TPSA) is 99.7 Å². The van der Waals surface area contributed by atoms with Crippen molar-refractivity contribution in [1.29, 1.82) is 0 Å². The van der Waals surface area contributed by atoms with Crippen LogP contribution in [0.5, 0.6) is 5.75 Å². The molecule has 2 N–H and O–H groups in total. The molecule has 9 nitrogen and oxygen atoms in total. The zero-order valence-corrected chi connectivity index (χ0v) is 21.9. The molecule has 0 unspecified atom stereocenters. The molecule has 2 aromatic rings. The maximum Gasteiger partial charge on any atom is 0.421 e. The van der Waals surface area contributed by atoms with Crippen LogP contribution in [0.15, 0.2) is 24.4 Å². The number of ether oxygens (including phenoxy) is 1. The van der Waals surface area contributed by atoms with Gasteiger partial charge < -0.3 is 20.3 Å². The number of aromatic nitrogens is 2. The molecule has 0 bridgehead atoms. The maximum absolute atomic E-state index is 13.8. The molecule has 1 aromatic heterocycles. The number of likely N-dealkylation sites (N-methyl/N-ethyl adjacent to an activating group) is 1. The van der Waals surface area contributed by atoms with Crippen molar-refractivity contribution in [2.75, 3.05) is 45.1 Å².